The molecule has 5 heteroatoms. The van der Waals surface area contributed by atoms with Gasteiger partial charge >= 0.3 is 0 Å². The number of hydrogen-bond acceptors (Lipinski definition) is 3. The van der Waals surface area contributed by atoms with E-state index in [0.717, 1.165) is 5.56 Å². The average molecular weight is 277 g/mol. The van der Waals surface area contributed by atoms with Crippen molar-refractivity contribution in [3.63, 3.8) is 0 Å². The number of halogens is 1. The van der Waals surface area contributed by atoms with Gasteiger partial charge in [-0.2, -0.15) is 0 Å². The van der Waals surface area contributed by atoms with Crippen LogP contribution in [0.25, 0.3) is 0 Å². The summed E-state index contributed by atoms with van der Waals surface area (Å²) in [7, 11) is -2.99. The van der Waals surface area contributed by atoms with E-state index in [1.165, 1.54) is 0 Å². The highest BCUT2D eigenvalue weighted by atomic mass is 35.5. The maximum absolute atomic E-state index is 11.4. The smallest absolute Gasteiger partial charge is 0.150 e. The van der Waals surface area contributed by atoms with Gasteiger partial charge in [0.25, 0.3) is 0 Å². The molecule has 0 amide bonds. The zero-order valence-corrected chi connectivity index (χ0v) is 11.3. The molecule has 0 aromatic heterocycles. The predicted molar refractivity (Wildman–Crippen MR) is 70.2 cm³/mol. The Hall–Kier alpha value is -0.580. The van der Waals surface area contributed by atoms with Crippen molar-refractivity contribution in [3.05, 3.63) is 34.9 Å². The second-order valence-electron chi connectivity index (χ2n) is 3.96. The molecule has 1 aromatic rings. The molecule has 0 aliphatic heterocycles. The summed E-state index contributed by atoms with van der Waals surface area (Å²) < 4.78 is 22.8. The lowest BCUT2D eigenvalue weighted by atomic mass is 9.98. The highest BCUT2D eigenvalue weighted by molar-refractivity contribution is 7.91. The summed E-state index contributed by atoms with van der Waals surface area (Å²) in [5.41, 5.74) is 0.881. The Morgan fingerprint density at radius 2 is 2.12 bits per heavy atom. The molecule has 0 saturated carbocycles. The highest BCUT2D eigenvalue weighted by Gasteiger charge is 2.15. The third-order valence-electron chi connectivity index (χ3n) is 2.76. The van der Waals surface area contributed by atoms with E-state index in [1.807, 2.05) is 6.07 Å². The minimum atomic E-state index is -2.99. The maximum Gasteiger partial charge on any atom is 0.150 e. The van der Waals surface area contributed by atoms with Gasteiger partial charge in [-0.05, 0) is 24.1 Å². The molecule has 17 heavy (non-hydrogen) atoms. The molecule has 0 aliphatic carbocycles. The van der Waals surface area contributed by atoms with Crippen LogP contribution < -0.4 is 0 Å². The molecular weight excluding hydrogens is 260 g/mol. The lowest BCUT2D eigenvalue weighted by Gasteiger charge is -2.14. The minimum absolute atomic E-state index is 0.0699. The highest BCUT2D eigenvalue weighted by Crippen LogP contribution is 2.22. The van der Waals surface area contributed by atoms with Crippen LogP contribution >= 0.6 is 11.6 Å². The Morgan fingerprint density at radius 3 is 2.65 bits per heavy atom. The summed E-state index contributed by atoms with van der Waals surface area (Å²) in [6.07, 6.45) is 0.424. The molecule has 1 unspecified atom stereocenters. The largest absolute Gasteiger partial charge is 0.396 e. The molecule has 1 aromatic carbocycles. The molecule has 0 fully saturated rings. The molecule has 0 aliphatic rings. The third kappa shape index (κ3) is 4.66. The van der Waals surface area contributed by atoms with Gasteiger partial charge in [0.2, 0.25) is 0 Å². The summed E-state index contributed by atoms with van der Waals surface area (Å²) >= 11 is 5.86. The molecule has 1 atom stereocenters. The summed E-state index contributed by atoms with van der Waals surface area (Å²) in [6.45, 7) is 1.56. The normalized spacial score (nSPS) is 13.6. The van der Waals surface area contributed by atoms with Gasteiger partial charge in [-0.1, -0.05) is 30.7 Å². The number of aliphatic hydroxyl groups excluding tert-OH is 1. The van der Waals surface area contributed by atoms with Crippen molar-refractivity contribution in [1.82, 2.24) is 0 Å². The van der Waals surface area contributed by atoms with E-state index >= 15 is 0 Å². The topological polar surface area (TPSA) is 54.4 Å². The van der Waals surface area contributed by atoms with Gasteiger partial charge in [0.05, 0.1) is 5.75 Å². The van der Waals surface area contributed by atoms with Crippen molar-refractivity contribution in [2.75, 3.05) is 18.1 Å². The van der Waals surface area contributed by atoms with Crippen LogP contribution in [0.2, 0.25) is 5.02 Å². The fourth-order valence-corrected chi connectivity index (χ4v) is 2.72. The van der Waals surface area contributed by atoms with Gasteiger partial charge < -0.3 is 5.11 Å². The Morgan fingerprint density at radius 1 is 1.41 bits per heavy atom. The number of rotatable bonds is 6. The second-order valence-corrected chi connectivity index (χ2v) is 6.87. The standard InChI is InChI=1S/C12H17ClO3S/c1-2-17(15,16)7-6-11(9-14)10-4-3-5-12(13)8-10/h3-5,8,11,14H,2,6-7,9H2,1H3. The van der Waals surface area contributed by atoms with E-state index in [1.54, 1.807) is 25.1 Å². The van der Waals surface area contributed by atoms with Crippen LogP contribution in [0.5, 0.6) is 0 Å². The Balaban J connectivity index is 2.73. The SMILES string of the molecule is CCS(=O)(=O)CCC(CO)c1cccc(Cl)c1. The van der Waals surface area contributed by atoms with Crippen LogP contribution in [-0.4, -0.2) is 31.6 Å². The van der Waals surface area contributed by atoms with E-state index < -0.39 is 9.84 Å². The summed E-state index contributed by atoms with van der Waals surface area (Å²) in [4.78, 5) is 0. The van der Waals surface area contributed by atoms with E-state index in [-0.39, 0.29) is 24.0 Å². The fourth-order valence-electron chi connectivity index (χ4n) is 1.59. The number of sulfone groups is 1. The zero-order valence-electron chi connectivity index (χ0n) is 9.77. The van der Waals surface area contributed by atoms with Crippen LogP contribution in [0.1, 0.15) is 24.8 Å². The van der Waals surface area contributed by atoms with Crippen LogP contribution in [0.15, 0.2) is 24.3 Å². The van der Waals surface area contributed by atoms with Crippen molar-refractivity contribution in [3.8, 4) is 0 Å². The van der Waals surface area contributed by atoms with Crippen molar-refractivity contribution in [1.29, 1.82) is 0 Å². The lowest BCUT2D eigenvalue weighted by Crippen LogP contribution is -2.14. The summed E-state index contributed by atoms with van der Waals surface area (Å²) in [5.74, 6) is 0.0668. The molecule has 1 N–H and O–H groups in total. The van der Waals surface area contributed by atoms with Gasteiger partial charge in [-0.25, -0.2) is 8.42 Å². The van der Waals surface area contributed by atoms with Gasteiger partial charge in [0.1, 0.15) is 9.84 Å². The van der Waals surface area contributed by atoms with Gasteiger partial charge in [-0.15, -0.1) is 0 Å². The first-order chi connectivity index (χ1) is 7.98. The third-order valence-corrected chi connectivity index (χ3v) is 4.73. The number of aliphatic hydroxyl groups is 1. The maximum atomic E-state index is 11.4. The lowest BCUT2D eigenvalue weighted by molar-refractivity contribution is 0.262. The van der Waals surface area contributed by atoms with Gasteiger partial charge in [-0.3, -0.25) is 0 Å². The number of hydrogen-bond donors (Lipinski definition) is 1. The molecule has 0 saturated heterocycles. The Labute approximate surface area is 107 Å². The van der Waals surface area contributed by atoms with Gasteiger partial charge in [0, 0.05) is 23.3 Å². The van der Waals surface area contributed by atoms with Crippen molar-refractivity contribution in [2.24, 2.45) is 0 Å². The zero-order chi connectivity index (χ0) is 12.9. The molecular formula is C12H17ClO3S. The van der Waals surface area contributed by atoms with Crippen molar-refractivity contribution in [2.45, 2.75) is 19.3 Å². The monoisotopic (exact) mass is 276 g/mol. The van der Waals surface area contributed by atoms with Crippen molar-refractivity contribution < 1.29 is 13.5 Å². The Kier molecular flexibility index (Phi) is 5.43. The van der Waals surface area contributed by atoms with Crippen molar-refractivity contribution >= 4 is 21.4 Å². The van der Waals surface area contributed by atoms with E-state index in [2.05, 4.69) is 0 Å². The van der Waals surface area contributed by atoms with Crippen LogP contribution in [0.3, 0.4) is 0 Å². The molecule has 0 radical (unpaired) electrons. The average Bonchev–Trinajstić information content (AvgIpc) is 2.30. The first-order valence-corrected chi connectivity index (χ1v) is 7.75. The fraction of sp³-hybridized carbons (Fsp3) is 0.500. The second kappa shape index (κ2) is 6.38. The minimum Gasteiger partial charge on any atom is -0.396 e. The molecule has 3 nitrogen and oxygen atoms in total. The molecule has 1 rings (SSSR count). The molecule has 96 valence electrons. The molecule has 0 spiro atoms. The summed E-state index contributed by atoms with van der Waals surface area (Å²) in [5, 5.41) is 9.90. The molecule has 0 bridgehead atoms. The van der Waals surface area contributed by atoms with E-state index in [4.69, 9.17) is 11.6 Å². The van der Waals surface area contributed by atoms with Crippen LogP contribution in [-0.2, 0) is 9.84 Å². The summed E-state index contributed by atoms with van der Waals surface area (Å²) in [6, 6.07) is 7.17. The number of benzene rings is 1. The Bertz CT molecular complexity index is 457. The first-order valence-electron chi connectivity index (χ1n) is 5.55. The van der Waals surface area contributed by atoms with Crippen LogP contribution in [0, 0.1) is 0 Å². The quantitative estimate of drug-likeness (QED) is 0.867. The van der Waals surface area contributed by atoms with E-state index in [0.29, 0.717) is 11.4 Å². The first kappa shape index (κ1) is 14.5. The molecule has 0 heterocycles. The van der Waals surface area contributed by atoms with Gasteiger partial charge in [0.15, 0.2) is 0 Å². The predicted octanol–water partition coefficient (Wildman–Crippen LogP) is 2.24. The van der Waals surface area contributed by atoms with E-state index in [9.17, 15) is 13.5 Å². The van der Waals surface area contributed by atoms with Crippen LogP contribution in [0.4, 0.5) is 0 Å².